The minimum atomic E-state index is -3.13. The molecule has 8 nitrogen and oxygen atoms in total. The van der Waals surface area contributed by atoms with Crippen molar-refractivity contribution in [2.75, 3.05) is 78.7 Å². The van der Waals surface area contributed by atoms with Crippen LogP contribution in [0.3, 0.4) is 0 Å². The largest absolute Gasteiger partial charge is 0.378 e. The van der Waals surface area contributed by atoms with E-state index in [9.17, 15) is 8.42 Å². The fourth-order valence-electron chi connectivity index (χ4n) is 1.31. The fraction of sp³-hybridized carbons (Fsp3) is 1.00. The molecule has 0 saturated heterocycles. The second-order valence-corrected chi connectivity index (χ2v) is 6.45. The molecule has 0 heterocycles. The maximum absolute atomic E-state index is 11.1. The molecule has 9 heteroatoms. The van der Waals surface area contributed by atoms with Crippen LogP contribution in [0.1, 0.15) is 6.92 Å². The van der Waals surface area contributed by atoms with Crippen LogP contribution in [0.5, 0.6) is 0 Å². The second-order valence-electron chi connectivity index (χ2n) is 4.35. The van der Waals surface area contributed by atoms with Crippen LogP contribution in [0.25, 0.3) is 0 Å². The molecule has 0 rings (SSSR count). The quantitative estimate of drug-likeness (QED) is 0.335. The van der Waals surface area contributed by atoms with Crippen molar-refractivity contribution in [2.45, 2.75) is 6.92 Å². The van der Waals surface area contributed by atoms with Crippen molar-refractivity contribution in [1.29, 1.82) is 0 Å². The second kappa shape index (κ2) is 15.6. The highest BCUT2D eigenvalue weighted by molar-refractivity contribution is 7.89. The van der Waals surface area contributed by atoms with Crippen molar-refractivity contribution in [3.8, 4) is 0 Å². The van der Waals surface area contributed by atoms with Crippen LogP contribution in [0.15, 0.2) is 0 Å². The fourth-order valence-corrected chi connectivity index (χ4v) is 1.91. The Morgan fingerprint density at radius 1 is 0.727 bits per heavy atom. The number of ether oxygens (including phenoxy) is 4. The van der Waals surface area contributed by atoms with E-state index in [4.69, 9.17) is 18.9 Å². The van der Waals surface area contributed by atoms with Gasteiger partial charge in [0.2, 0.25) is 10.0 Å². The molecule has 0 aliphatic heterocycles. The lowest BCUT2D eigenvalue weighted by Gasteiger charge is -2.08. The van der Waals surface area contributed by atoms with Crippen molar-refractivity contribution in [1.82, 2.24) is 10.0 Å². The molecule has 2 N–H and O–H groups in total. The number of likely N-dealkylation sites (N-methyl/N-ethyl adjacent to an activating group) is 1. The zero-order valence-electron chi connectivity index (χ0n) is 13.6. The summed E-state index contributed by atoms with van der Waals surface area (Å²) in [6.45, 7) is 6.78. The van der Waals surface area contributed by atoms with Crippen LogP contribution >= 0.6 is 0 Å². The Labute approximate surface area is 133 Å². The van der Waals surface area contributed by atoms with Gasteiger partial charge in [0.1, 0.15) is 0 Å². The minimum absolute atomic E-state index is 0.0800. The molecule has 0 aliphatic carbocycles. The number of hydrogen-bond acceptors (Lipinski definition) is 7. The average molecular weight is 342 g/mol. The first-order valence-corrected chi connectivity index (χ1v) is 9.20. The summed E-state index contributed by atoms with van der Waals surface area (Å²) in [7, 11) is -1.25. The lowest BCUT2D eigenvalue weighted by molar-refractivity contribution is -0.000712. The molecular weight excluding hydrogens is 312 g/mol. The SMILES string of the molecule is CCS(=O)(=O)NCCOCCOCCOCCOCCNC. The Balaban J connectivity index is 3.09. The van der Waals surface area contributed by atoms with E-state index in [0.29, 0.717) is 52.9 Å². The van der Waals surface area contributed by atoms with Crippen LogP contribution in [0.2, 0.25) is 0 Å². The monoisotopic (exact) mass is 342 g/mol. The average Bonchev–Trinajstić information content (AvgIpc) is 2.51. The summed E-state index contributed by atoms with van der Waals surface area (Å²) in [4.78, 5) is 0. The standard InChI is InChI=1S/C13H30N2O6S/c1-3-22(16,17)15-5-7-19-9-11-21-13-12-20-10-8-18-6-4-14-2/h14-15H,3-13H2,1-2H3. The van der Waals surface area contributed by atoms with Gasteiger partial charge in [-0.25, -0.2) is 13.1 Å². The Kier molecular flexibility index (Phi) is 15.4. The summed E-state index contributed by atoms with van der Waals surface area (Å²) >= 11 is 0. The zero-order valence-corrected chi connectivity index (χ0v) is 14.5. The van der Waals surface area contributed by atoms with Gasteiger partial charge in [0.25, 0.3) is 0 Å². The topological polar surface area (TPSA) is 95.1 Å². The van der Waals surface area contributed by atoms with Crippen molar-refractivity contribution in [3.63, 3.8) is 0 Å². The van der Waals surface area contributed by atoms with E-state index in [2.05, 4.69) is 10.0 Å². The van der Waals surface area contributed by atoms with Gasteiger partial charge in [0, 0.05) is 13.1 Å². The summed E-state index contributed by atoms with van der Waals surface area (Å²) in [5, 5.41) is 2.99. The van der Waals surface area contributed by atoms with E-state index in [1.807, 2.05) is 7.05 Å². The molecule has 0 amide bonds. The van der Waals surface area contributed by atoms with E-state index in [-0.39, 0.29) is 12.3 Å². The molecule has 0 fully saturated rings. The molecule has 22 heavy (non-hydrogen) atoms. The van der Waals surface area contributed by atoms with Gasteiger partial charge in [-0.05, 0) is 14.0 Å². The lowest BCUT2D eigenvalue weighted by atomic mass is 10.6. The maximum atomic E-state index is 11.1. The summed E-state index contributed by atoms with van der Waals surface area (Å²) in [6, 6.07) is 0. The predicted octanol–water partition coefficient (Wildman–Crippen LogP) is -0.788. The van der Waals surface area contributed by atoms with Crippen molar-refractivity contribution >= 4 is 10.0 Å². The van der Waals surface area contributed by atoms with Crippen molar-refractivity contribution in [2.24, 2.45) is 0 Å². The van der Waals surface area contributed by atoms with E-state index >= 15 is 0 Å². The molecule has 0 bridgehead atoms. The van der Waals surface area contributed by atoms with Crippen molar-refractivity contribution < 1.29 is 27.4 Å². The molecule has 0 radical (unpaired) electrons. The smallest absolute Gasteiger partial charge is 0.211 e. The predicted molar refractivity (Wildman–Crippen MR) is 84.7 cm³/mol. The Morgan fingerprint density at radius 3 is 1.55 bits per heavy atom. The van der Waals surface area contributed by atoms with E-state index in [0.717, 1.165) is 6.54 Å². The van der Waals surface area contributed by atoms with Gasteiger partial charge in [0.05, 0.1) is 58.6 Å². The molecule has 0 atom stereocenters. The first-order chi connectivity index (χ1) is 10.6. The molecule has 0 spiro atoms. The summed E-state index contributed by atoms with van der Waals surface area (Å²) in [5.41, 5.74) is 0. The maximum Gasteiger partial charge on any atom is 0.211 e. The van der Waals surface area contributed by atoms with Gasteiger partial charge in [0.15, 0.2) is 0 Å². The number of nitrogens with one attached hydrogen (secondary N) is 2. The Bertz CT molecular complexity index is 326. The molecule has 0 aromatic carbocycles. The van der Waals surface area contributed by atoms with Gasteiger partial charge in [-0.3, -0.25) is 0 Å². The van der Waals surface area contributed by atoms with Gasteiger partial charge in [-0.15, -0.1) is 0 Å². The zero-order chi connectivity index (χ0) is 16.5. The number of sulfonamides is 1. The Morgan fingerprint density at radius 2 is 1.14 bits per heavy atom. The summed E-state index contributed by atoms with van der Waals surface area (Å²) < 4.78 is 45.8. The first kappa shape index (κ1) is 21.7. The van der Waals surface area contributed by atoms with Gasteiger partial charge >= 0.3 is 0 Å². The van der Waals surface area contributed by atoms with E-state index in [1.165, 1.54) is 0 Å². The normalized spacial score (nSPS) is 11.9. The third kappa shape index (κ3) is 16.1. The molecule has 0 aliphatic rings. The minimum Gasteiger partial charge on any atom is -0.378 e. The van der Waals surface area contributed by atoms with Crippen LogP contribution in [0, 0.1) is 0 Å². The van der Waals surface area contributed by atoms with Crippen LogP contribution in [0.4, 0.5) is 0 Å². The van der Waals surface area contributed by atoms with Gasteiger partial charge < -0.3 is 24.3 Å². The molecule has 0 unspecified atom stereocenters. The number of rotatable bonds is 17. The van der Waals surface area contributed by atoms with Crippen LogP contribution in [-0.4, -0.2) is 87.2 Å². The molecule has 0 aromatic rings. The molecule has 134 valence electrons. The summed E-state index contributed by atoms with van der Waals surface area (Å²) in [5.74, 6) is 0.0800. The van der Waals surface area contributed by atoms with E-state index in [1.54, 1.807) is 6.92 Å². The van der Waals surface area contributed by atoms with Crippen LogP contribution < -0.4 is 10.0 Å². The third-order valence-electron chi connectivity index (χ3n) is 2.56. The van der Waals surface area contributed by atoms with Crippen molar-refractivity contribution in [3.05, 3.63) is 0 Å². The highest BCUT2D eigenvalue weighted by Crippen LogP contribution is 1.84. The molecule has 0 saturated carbocycles. The first-order valence-electron chi connectivity index (χ1n) is 7.55. The third-order valence-corrected chi connectivity index (χ3v) is 3.96. The van der Waals surface area contributed by atoms with Gasteiger partial charge in [-0.2, -0.15) is 0 Å². The van der Waals surface area contributed by atoms with Crippen LogP contribution in [-0.2, 0) is 29.0 Å². The van der Waals surface area contributed by atoms with Gasteiger partial charge in [-0.1, -0.05) is 0 Å². The molecule has 0 aromatic heterocycles. The Hall–Kier alpha value is -0.290. The number of hydrogen-bond donors (Lipinski definition) is 2. The highest BCUT2D eigenvalue weighted by Gasteiger charge is 2.04. The summed E-state index contributed by atoms with van der Waals surface area (Å²) in [6.07, 6.45) is 0. The lowest BCUT2D eigenvalue weighted by Crippen LogP contribution is -2.29. The van der Waals surface area contributed by atoms with E-state index < -0.39 is 10.0 Å². The molecular formula is C13H30N2O6S. The highest BCUT2D eigenvalue weighted by atomic mass is 32.2.